The van der Waals surface area contributed by atoms with Crippen molar-refractivity contribution in [1.82, 2.24) is 9.80 Å². The highest BCUT2D eigenvalue weighted by Crippen LogP contribution is 2.27. The van der Waals surface area contributed by atoms with Crippen LogP contribution in [-0.2, 0) is 6.54 Å². The molecule has 0 atom stereocenters. The number of ether oxygens (including phenoxy) is 2. The lowest BCUT2D eigenvalue weighted by Crippen LogP contribution is -2.46. The summed E-state index contributed by atoms with van der Waals surface area (Å²) in [5.74, 6) is 1.74. The number of aliphatic hydroxyl groups is 1. The van der Waals surface area contributed by atoms with E-state index in [0.29, 0.717) is 0 Å². The molecular formula is C17H28N2O3. The van der Waals surface area contributed by atoms with Crippen LogP contribution in [0.15, 0.2) is 18.2 Å². The lowest BCUT2D eigenvalue weighted by Gasteiger charge is -2.34. The molecule has 5 nitrogen and oxygen atoms in total. The molecule has 0 aromatic heterocycles. The number of methoxy groups -OCH3 is 1. The SMILES string of the molecule is COc1ccc(CN2CCN(CCO)CC2)c(OC(C)C)c1. The summed E-state index contributed by atoms with van der Waals surface area (Å²) in [6.07, 6.45) is 0.146. The van der Waals surface area contributed by atoms with Crippen molar-refractivity contribution in [2.45, 2.75) is 26.5 Å². The Labute approximate surface area is 133 Å². The Bertz CT molecular complexity index is 457. The molecule has 2 rings (SSSR count). The van der Waals surface area contributed by atoms with Crippen molar-refractivity contribution in [3.05, 3.63) is 23.8 Å². The van der Waals surface area contributed by atoms with Crippen LogP contribution in [0, 0.1) is 0 Å². The summed E-state index contributed by atoms with van der Waals surface area (Å²) in [5, 5.41) is 9.01. The summed E-state index contributed by atoms with van der Waals surface area (Å²) < 4.78 is 11.2. The average Bonchev–Trinajstić information content (AvgIpc) is 2.50. The molecule has 0 aliphatic carbocycles. The summed E-state index contributed by atoms with van der Waals surface area (Å²) in [5.41, 5.74) is 1.20. The van der Waals surface area contributed by atoms with Crippen molar-refractivity contribution < 1.29 is 14.6 Å². The molecule has 0 unspecified atom stereocenters. The van der Waals surface area contributed by atoms with Gasteiger partial charge in [0.2, 0.25) is 0 Å². The minimum Gasteiger partial charge on any atom is -0.497 e. The van der Waals surface area contributed by atoms with Gasteiger partial charge in [0, 0.05) is 50.9 Å². The first-order valence-electron chi connectivity index (χ1n) is 8.01. The van der Waals surface area contributed by atoms with Crippen LogP contribution in [0.3, 0.4) is 0 Å². The Morgan fingerprint density at radius 2 is 1.82 bits per heavy atom. The Kier molecular flexibility index (Phi) is 6.49. The highest BCUT2D eigenvalue weighted by atomic mass is 16.5. The molecule has 0 spiro atoms. The monoisotopic (exact) mass is 308 g/mol. The quantitative estimate of drug-likeness (QED) is 0.829. The largest absolute Gasteiger partial charge is 0.497 e. The summed E-state index contributed by atoms with van der Waals surface area (Å²) in [4.78, 5) is 4.74. The maximum atomic E-state index is 9.01. The van der Waals surface area contributed by atoms with Gasteiger partial charge in [-0.3, -0.25) is 9.80 Å². The molecule has 0 bridgehead atoms. The number of β-amino-alcohol motifs (C(OH)–C–C–N with tert-alkyl or cyclic N) is 1. The zero-order chi connectivity index (χ0) is 15.9. The van der Waals surface area contributed by atoms with Crippen molar-refractivity contribution >= 4 is 0 Å². The van der Waals surface area contributed by atoms with Crippen molar-refractivity contribution in [3.63, 3.8) is 0 Å². The maximum absolute atomic E-state index is 9.01. The Balaban J connectivity index is 2.00. The molecule has 22 heavy (non-hydrogen) atoms. The minimum absolute atomic E-state index is 0.146. The molecule has 1 aliphatic rings. The van der Waals surface area contributed by atoms with E-state index in [2.05, 4.69) is 15.9 Å². The topological polar surface area (TPSA) is 45.2 Å². The van der Waals surface area contributed by atoms with Crippen molar-refractivity contribution in [2.75, 3.05) is 46.4 Å². The van der Waals surface area contributed by atoms with E-state index in [1.54, 1.807) is 7.11 Å². The van der Waals surface area contributed by atoms with Crippen molar-refractivity contribution in [3.8, 4) is 11.5 Å². The summed E-state index contributed by atoms with van der Waals surface area (Å²) in [6.45, 7) is 10.0. The smallest absolute Gasteiger partial charge is 0.127 e. The number of rotatable bonds is 7. The van der Waals surface area contributed by atoms with Crippen LogP contribution in [0.5, 0.6) is 11.5 Å². The van der Waals surface area contributed by atoms with Crippen LogP contribution < -0.4 is 9.47 Å². The van der Waals surface area contributed by atoms with Gasteiger partial charge in [0.05, 0.1) is 19.8 Å². The molecule has 1 aliphatic heterocycles. The second kappa shape index (κ2) is 8.36. The second-order valence-corrected chi connectivity index (χ2v) is 5.98. The molecule has 1 saturated heterocycles. The van der Waals surface area contributed by atoms with E-state index in [1.807, 2.05) is 26.0 Å². The number of benzene rings is 1. The molecule has 0 radical (unpaired) electrons. The first-order valence-corrected chi connectivity index (χ1v) is 8.01. The van der Waals surface area contributed by atoms with Crippen LogP contribution in [0.4, 0.5) is 0 Å². The predicted octanol–water partition coefficient (Wildman–Crippen LogP) is 1.59. The van der Waals surface area contributed by atoms with Gasteiger partial charge in [0.15, 0.2) is 0 Å². The van der Waals surface area contributed by atoms with Crippen LogP contribution in [0.1, 0.15) is 19.4 Å². The van der Waals surface area contributed by atoms with E-state index in [0.717, 1.165) is 50.8 Å². The van der Waals surface area contributed by atoms with Crippen molar-refractivity contribution in [1.29, 1.82) is 0 Å². The number of hydrogen-bond donors (Lipinski definition) is 1. The zero-order valence-corrected chi connectivity index (χ0v) is 13.9. The molecule has 124 valence electrons. The third-order valence-corrected chi connectivity index (χ3v) is 3.91. The van der Waals surface area contributed by atoms with E-state index in [1.165, 1.54) is 5.56 Å². The summed E-state index contributed by atoms with van der Waals surface area (Å²) in [6, 6.07) is 6.05. The predicted molar refractivity (Wildman–Crippen MR) is 87.6 cm³/mol. The fourth-order valence-corrected chi connectivity index (χ4v) is 2.71. The minimum atomic E-state index is 0.146. The third-order valence-electron chi connectivity index (χ3n) is 3.91. The lowest BCUT2D eigenvalue weighted by molar-refractivity contribution is 0.107. The fourth-order valence-electron chi connectivity index (χ4n) is 2.71. The molecule has 0 saturated carbocycles. The third kappa shape index (κ3) is 4.87. The van der Waals surface area contributed by atoms with E-state index >= 15 is 0 Å². The highest BCUT2D eigenvalue weighted by molar-refractivity contribution is 5.41. The van der Waals surface area contributed by atoms with Gasteiger partial charge in [0.25, 0.3) is 0 Å². The van der Waals surface area contributed by atoms with Gasteiger partial charge in [0.1, 0.15) is 11.5 Å². The zero-order valence-electron chi connectivity index (χ0n) is 13.9. The van der Waals surface area contributed by atoms with Gasteiger partial charge >= 0.3 is 0 Å². The molecule has 1 fully saturated rings. The van der Waals surface area contributed by atoms with Crippen LogP contribution in [-0.4, -0.2) is 67.5 Å². The lowest BCUT2D eigenvalue weighted by atomic mass is 10.1. The van der Waals surface area contributed by atoms with Crippen molar-refractivity contribution in [2.24, 2.45) is 0 Å². The molecule has 1 heterocycles. The van der Waals surface area contributed by atoms with Gasteiger partial charge in [-0.15, -0.1) is 0 Å². The van der Waals surface area contributed by atoms with E-state index in [-0.39, 0.29) is 12.7 Å². The standard InChI is InChI=1S/C17H28N2O3/c1-14(2)22-17-12-16(21-3)5-4-15(17)13-19-8-6-18(7-9-19)10-11-20/h4-5,12,14,20H,6-11,13H2,1-3H3. The van der Waals surface area contributed by atoms with Gasteiger partial charge in [-0.05, 0) is 19.9 Å². The number of hydrogen-bond acceptors (Lipinski definition) is 5. The summed E-state index contributed by atoms with van der Waals surface area (Å²) in [7, 11) is 1.68. The van der Waals surface area contributed by atoms with E-state index in [4.69, 9.17) is 14.6 Å². The van der Waals surface area contributed by atoms with Gasteiger partial charge in [-0.1, -0.05) is 6.07 Å². The molecule has 1 aromatic rings. The number of piperazine rings is 1. The van der Waals surface area contributed by atoms with Gasteiger partial charge < -0.3 is 14.6 Å². The fraction of sp³-hybridized carbons (Fsp3) is 0.647. The molecule has 0 amide bonds. The summed E-state index contributed by atoms with van der Waals surface area (Å²) >= 11 is 0. The Hall–Kier alpha value is -1.30. The van der Waals surface area contributed by atoms with Gasteiger partial charge in [-0.2, -0.15) is 0 Å². The second-order valence-electron chi connectivity index (χ2n) is 5.98. The molecular weight excluding hydrogens is 280 g/mol. The number of aliphatic hydroxyl groups excluding tert-OH is 1. The molecule has 1 N–H and O–H groups in total. The van der Waals surface area contributed by atoms with Crippen LogP contribution >= 0.6 is 0 Å². The molecule has 1 aromatic carbocycles. The van der Waals surface area contributed by atoms with Gasteiger partial charge in [-0.25, -0.2) is 0 Å². The highest BCUT2D eigenvalue weighted by Gasteiger charge is 2.18. The first kappa shape index (κ1) is 17.1. The average molecular weight is 308 g/mol. The van der Waals surface area contributed by atoms with Crippen LogP contribution in [0.25, 0.3) is 0 Å². The number of nitrogens with zero attached hydrogens (tertiary/aromatic N) is 2. The maximum Gasteiger partial charge on any atom is 0.127 e. The van der Waals surface area contributed by atoms with E-state index in [9.17, 15) is 0 Å². The normalized spacial score (nSPS) is 17.0. The van der Waals surface area contributed by atoms with E-state index < -0.39 is 0 Å². The Morgan fingerprint density at radius 3 is 2.41 bits per heavy atom. The first-order chi connectivity index (χ1) is 10.6. The molecule has 5 heteroatoms. The van der Waals surface area contributed by atoms with Crippen LogP contribution in [0.2, 0.25) is 0 Å². The Morgan fingerprint density at radius 1 is 1.14 bits per heavy atom.